The van der Waals surface area contributed by atoms with Crippen molar-refractivity contribution in [3.05, 3.63) is 65.6 Å². The molecule has 1 aliphatic carbocycles. The van der Waals surface area contributed by atoms with Crippen LogP contribution in [0.25, 0.3) is 5.65 Å². The van der Waals surface area contributed by atoms with Gasteiger partial charge in [-0.1, -0.05) is 12.1 Å². The number of hydrogen-bond donors (Lipinski definition) is 1. The van der Waals surface area contributed by atoms with Gasteiger partial charge in [-0.15, -0.1) is 0 Å². The summed E-state index contributed by atoms with van der Waals surface area (Å²) >= 11 is 0. The van der Waals surface area contributed by atoms with Gasteiger partial charge in [0.2, 0.25) is 0 Å². The standard InChI is InChI=1S/C20H21N3O2/c1-13-11-23-12-16(7-10-18(23)21-13)20(24)22-19(14-3-4-14)15-5-8-17(25-2)9-6-15/h5-12,14,19H,3-4H2,1-2H3,(H,22,24)/t19-/m1/s1. The lowest BCUT2D eigenvalue weighted by Gasteiger charge is -2.19. The predicted molar refractivity (Wildman–Crippen MR) is 95.9 cm³/mol. The van der Waals surface area contributed by atoms with Crippen LogP contribution in [0.1, 0.15) is 40.5 Å². The van der Waals surface area contributed by atoms with Gasteiger partial charge < -0.3 is 14.5 Å². The van der Waals surface area contributed by atoms with E-state index in [2.05, 4.69) is 10.3 Å². The summed E-state index contributed by atoms with van der Waals surface area (Å²) in [6.07, 6.45) is 6.06. The number of carbonyl (C=O) groups excluding carboxylic acids is 1. The zero-order valence-corrected chi connectivity index (χ0v) is 14.4. The van der Waals surface area contributed by atoms with Crippen molar-refractivity contribution in [2.24, 2.45) is 5.92 Å². The minimum atomic E-state index is -0.0547. The molecule has 0 bridgehead atoms. The first-order valence-corrected chi connectivity index (χ1v) is 8.54. The van der Waals surface area contributed by atoms with Crippen molar-refractivity contribution in [2.45, 2.75) is 25.8 Å². The van der Waals surface area contributed by atoms with Crippen LogP contribution >= 0.6 is 0 Å². The first-order valence-electron chi connectivity index (χ1n) is 8.54. The molecule has 1 amide bonds. The summed E-state index contributed by atoms with van der Waals surface area (Å²) < 4.78 is 7.11. The zero-order valence-electron chi connectivity index (χ0n) is 14.4. The second-order valence-corrected chi connectivity index (χ2v) is 6.63. The van der Waals surface area contributed by atoms with Crippen LogP contribution in [0.5, 0.6) is 5.75 Å². The van der Waals surface area contributed by atoms with Gasteiger partial charge in [-0.25, -0.2) is 4.98 Å². The number of fused-ring (bicyclic) bond motifs is 1. The van der Waals surface area contributed by atoms with Gasteiger partial charge in [0.05, 0.1) is 24.4 Å². The number of hydrogen-bond acceptors (Lipinski definition) is 3. The number of nitrogens with one attached hydrogen (secondary N) is 1. The second kappa shape index (κ2) is 6.24. The lowest BCUT2D eigenvalue weighted by Crippen LogP contribution is -2.30. The molecule has 1 saturated carbocycles. The minimum Gasteiger partial charge on any atom is -0.497 e. The van der Waals surface area contributed by atoms with Crippen molar-refractivity contribution >= 4 is 11.6 Å². The van der Waals surface area contributed by atoms with E-state index in [1.165, 1.54) is 0 Å². The third-order valence-electron chi connectivity index (χ3n) is 4.69. The Kier molecular flexibility index (Phi) is 3.92. The fraction of sp³-hybridized carbons (Fsp3) is 0.300. The molecule has 3 aromatic rings. The third-order valence-corrected chi connectivity index (χ3v) is 4.69. The molecule has 1 N–H and O–H groups in total. The van der Waals surface area contributed by atoms with Crippen molar-refractivity contribution in [1.29, 1.82) is 0 Å². The molecule has 2 heterocycles. The predicted octanol–water partition coefficient (Wildman–Crippen LogP) is 3.53. The Morgan fingerprint density at radius 2 is 1.96 bits per heavy atom. The summed E-state index contributed by atoms with van der Waals surface area (Å²) in [6.45, 7) is 1.94. The van der Waals surface area contributed by atoms with Crippen molar-refractivity contribution < 1.29 is 9.53 Å². The number of benzene rings is 1. The van der Waals surface area contributed by atoms with Crippen LogP contribution in [0.3, 0.4) is 0 Å². The van der Waals surface area contributed by atoms with E-state index in [0.29, 0.717) is 11.5 Å². The number of pyridine rings is 1. The molecule has 0 spiro atoms. The molecule has 1 aliphatic rings. The number of aryl methyl sites for hydroxylation is 1. The number of ether oxygens (including phenoxy) is 1. The highest BCUT2D eigenvalue weighted by Gasteiger charge is 2.33. The Balaban J connectivity index is 1.57. The summed E-state index contributed by atoms with van der Waals surface area (Å²) in [4.78, 5) is 17.2. The van der Waals surface area contributed by atoms with E-state index in [9.17, 15) is 4.79 Å². The Labute approximate surface area is 146 Å². The molecule has 0 saturated heterocycles. The first kappa shape index (κ1) is 15.7. The first-order chi connectivity index (χ1) is 12.1. The molecular formula is C20H21N3O2. The molecule has 1 fully saturated rings. The van der Waals surface area contributed by atoms with Gasteiger partial charge in [0.1, 0.15) is 11.4 Å². The largest absolute Gasteiger partial charge is 0.497 e. The van der Waals surface area contributed by atoms with Crippen molar-refractivity contribution in [1.82, 2.24) is 14.7 Å². The topological polar surface area (TPSA) is 55.6 Å². The van der Waals surface area contributed by atoms with Crippen molar-refractivity contribution in [2.75, 3.05) is 7.11 Å². The molecule has 4 rings (SSSR count). The maximum absolute atomic E-state index is 12.8. The van der Waals surface area contributed by atoms with E-state index in [1.54, 1.807) is 7.11 Å². The fourth-order valence-corrected chi connectivity index (χ4v) is 3.19. The highest BCUT2D eigenvalue weighted by atomic mass is 16.5. The Bertz CT molecular complexity index is 910. The van der Waals surface area contributed by atoms with E-state index in [4.69, 9.17) is 4.74 Å². The van der Waals surface area contributed by atoms with Gasteiger partial charge in [0.15, 0.2) is 0 Å². The maximum Gasteiger partial charge on any atom is 0.253 e. The zero-order chi connectivity index (χ0) is 17.4. The summed E-state index contributed by atoms with van der Waals surface area (Å²) in [6, 6.07) is 11.7. The number of aromatic nitrogens is 2. The van der Waals surface area contributed by atoms with Crippen LogP contribution in [0.15, 0.2) is 48.8 Å². The Morgan fingerprint density at radius 3 is 2.64 bits per heavy atom. The Hall–Kier alpha value is -2.82. The molecule has 128 valence electrons. The molecule has 5 nitrogen and oxygen atoms in total. The lowest BCUT2D eigenvalue weighted by atomic mass is 10.0. The number of methoxy groups -OCH3 is 1. The number of nitrogens with zero attached hydrogens (tertiary/aromatic N) is 2. The van der Waals surface area contributed by atoms with E-state index in [0.717, 1.165) is 35.5 Å². The van der Waals surface area contributed by atoms with Crippen molar-refractivity contribution in [3.8, 4) is 5.75 Å². The normalized spacial score (nSPS) is 15.1. The van der Waals surface area contributed by atoms with Crippen LogP contribution < -0.4 is 10.1 Å². The van der Waals surface area contributed by atoms with E-state index in [-0.39, 0.29) is 11.9 Å². The van der Waals surface area contributed by atoms with Crippen LogP contribution in [0.2, 0.25) is 0 Å². The van der Waals surface area contributed by atoms with Gasteiger partial charge in [-0.05, 0) is 55.5 Å². The second-order valence-electron chi connectivity index (χ2n) is 6.63. The highest BCUT2D eigenvalue weighted by Crippen LogP contribution is 2.41. The molecule has 5 heteroatoms. The minimum absolute atomic E-state index is 0.0404. The SMILES string of the molecule is COc1ccc([C@H](NC(=O)c2ccc3nc(C)cn3c2)C2CC2)cc1. The quantitative estimate of drug-likeness (QED) is 0.776. The maximum atomic E-state index is 12.8. The molecule has 0 radical (unpaired) electrons. The fourth-order valence-electron chi connectivity index (χ4n) is 3.19. The van der Waals surface area contributed by atoms with Gasteiger partial charge in [-0.2, -0.15) is 0 Å². The number of imidazole rings is 1. The number of carbonyl (C=O) groups is 1. The summed E-state index contributed by atoms with van der Waals surface area (Å²) in [7, 11) is 1.66. The van der Waals surface area contributed by atoms with E-state index < -0.39 is 0 Å². The molecule has 1 aromatic carbocycles. The van der Waals surface area contributed by atoms with Crippen LogP contribution in [-0.2, 0) is 0 Å². The average molecular weight is 335 g/mol. The Morgan fingerprint density at radius 1 is 1.20 bits per heavy atom. The molecule has 25 heavy (non-hydrogen) atoms. The van der Waals surface area contributed by atoms with Crippen LogP contribution in [0.4, 0.5) is 0 Å². The van der Waals surface area contributed by atoms with Crippen molar-refractivity contribution in [3.63, 3.8) is 0 Å². The highest BCUT2D eigenvalue weighted by molar-refractivity contribution is 5.94. The smallest absolute Gasteiger partial charge is 0.253 e. The molecular weight excluding hydrogens is 314 g/mol. The number of rotatable bonds is 5. The van der Waals surface area contributed by atoms with Gasteiger partial charge in [0, 0.05) is 12.4 Å². The summed E-state index contributed by atoms with van der Waals surface area (Å²) in [5.41, 5.74) is 3.55. The number of amides is 1. The van der Waals surface area contributed by atoms with Gasteiger partial charge in [0.25, 0.3) is 5.91 Å². The lowest BCUT2D eigenvalue weighted by molar-refractivity contribution is 0.0931. The summed E-state index contributed by atoms with van der Waals surface area (Å²) in [5, 5.41) is 3.21. The van der Waals surface area contributed by atoms with Crippen LogP contribution in [-0.4, -0.2) is 22.4 Å². The van der Waals surface area contributed by atoms with Crippen LogP contribution in [0, 0.1) is 12.8 Å². The molecule has 2 aromatic heterocycles. The molecule has 1 atom stereocenters. The average Bonchev–Trinajstić information content (AvgIpc) is 3.39. The molecule has 0 aliphatic heterocycles. The van der Waals surface area contributed by atoms with E-state index in [1.807, 2.05) is 60.1 Å². The van der Waals surface area contributed by atoms with Gasteiger partial charge >= 0.3 is 0 Å². The third kappa shape index (κ3) is 3.22. The molecule has 0 unspecified atom stereocenters. The van der Waals surface area contributed by atoms with Gasteiger partial charge in [-0.3, -0.25) is 4.79 Å². The monoisotopic (exact) mass is 335 g/mol. The summed E-state index contributed by atoms with van der Waals surface area (Å²) in [5.74, 6) is 1.28. The van der Waals surface area contributed by atoms with E-state index >= 15 is 0 Å².